The van der Waals surface area contributed by atoms with Crippen molar-refractivity contribution < 1.29 is 4.79 Å². The van der Waals surface area contributed by atoms with Gasteiger partial charge in [0.15, 0.2) is 5.78 Å². The SMILES string of the molecule is O=C(c1ccccc1)C1CCN(Cc2cnc[nH]2)CC1. The summed E-state index contributed by atoms with van der Waals surface area (Å²) >= 11 is 0. The third-order valence-electron chi connectivity index (χ3n) is 3.97. The molecule has 0 amide bonds. The van der Waals surface area contributed by atoms with Crippen LogP contribution in [-0.4, -0.2) is 33.7 Å². The predicted molar refractivity (Wildman–Crippen MR) is 77.4 cm³/mol. The van der Waals surface area contributed by atoms with E-state index in [2.05, 4.69) is 14.9 Å². The van der Waals surface area contributed by atoms with E-state index in [1.54, 1.807) is 6.33 Å². The number of benzene rings is 1. The minimum Gasteiger partial charge on any atom is -0.347 e. The number of nitrogens with one attached hydrogen (secondary N) is 1. The third kappa shape index (κ3) is 2.96. The number of carbonyl (C=O) groups excluding carboxylic acids is 1. The quantitative estimate of drug-likeness (QED) is 0.868. The highest BCUT2D eigenvalue weighted by Gasteiger charge is 2.25. The van der Waals surface area contributed by atoms with E-state index >= 15 is 0 Å². The fraction of sp³-hybridized carbons (Fsp3) is 0.375. The lowest BCUT2D eigenvalue weighted by Crippen LogP contribution is -2.36. The van der Waals surface area contributed by atoms with E-state index in [0.29, 0.717) is 5.78 Å². The second kappa shape index (κ2) is 6.01. The van der Waals surface area contributed by atoms with Gasteiger partial charge in [-0.25, -0.2) is 4.98 Å². The lowest BCUT2D eigenvalue weighted by Gasteiger charge is -2.30. The number of imidazole rings is 1. The van der Waals surface area contributed by atoms with Gasteiger partial charge in [-0.05, 0) is 25.9 Å². The molecule has 4 heteroatoms. The number of hydrogen-bond donors (Lipinski definition) is 1. The summed E-state index contributed by atoms with van der Waals surface area (Å²) in [4.78, 5) is 21.9. The maximum Gasteiger partial charge on any atom is 0.166 e. The predicted octanol–water partition coefficient (Wildman–Crippen LogP) is 2.50. The summed E-state index contributed by atoms with van der Waals surface area (Å²) in [6.45, 7) is 2.84. The van der Waals surface area contributed by atoms with E-state index in [4.69, 9.17) is 0 Å². The van der Waals surface area contributed by atoms with E-state index in [1.807, 2.05) is 36.5 Å². The van der Waals surface area contributed by atoms with Crippen molar-refractivity contribution in [2.75, 3.05) is 13.1 Å². The van der Waals surface area contributed by atoms with Crippen LogP contribution in [0.5, 0.6) is 0 Å². The summed E-state index contributed by atoms with van der Waals surface area (Å²) in [5.74, 6) is 0.474. The van der Waals surface area contributed by atoms with Crippen LogP contribution < -0.4 is 0 Å². The highest BCUT2D eigenvalue weighted by atomic mass is 16.1. The summed E-state index contributed by atoms with van der Waals surface area (Å²) < 4.78 is 0. The Labute approximate surface area is 118 Å². The van der Waals surface area contributed by atoms with Crippen molar-refractivity contribution in [2.24, 2.45) is 5.92 Å². The Bertz CT molecular complexity index is 542. The highest BCUT2D eigenvalue weighted by Crippen LogP contribution is 2.22. The van der Waals surface area contributed by atoms with Crippen LogP contribution in [-0.2, 0) is 6.54 Å². The number of aromatic nitrogens is 2. The molecule has 104 valence electrons. The molecular formula is C16H19N3O. The molecule has 0 atom stereocenters. The Kier molecular flexibility index (Phi) is 3.92. The number of carbonyl (C=O) groups is 1. The lowest BCUT2D eigenvalue weighted by molar-refractivity contribution is 0.0834. The first-order valence-corrected chi connectivity index (χ1v) is 7.12. The summed E-state index contributed by atoms with van der Waals surface area (Å²) in [7, 11) is 0. The number of H-pyrrole nitrogens is 1. The number of rotatable bonds is 4. The number of nitrogens with zero attached hydrogens (tertiary/aromatic N) is 2. The van der Waals surface area contributed by atoms with Crippen molar-refractivity contribution in [3.63, 3.8) is 0 Å². The zero-order valence-electron chi connectivity index (χ0n) is 11.5. The van der Waals surface area contributed by atoms with E-state index in [0.717, 1.165) is 43.7 Å². The molecule has 1 aliphatic heterocycles. The zero-order valence-corrected chi connectivity index (χ0v) is 11.5. The monoisotopic (exact) mass is 269 g/mol. The first kappa shape index (κ1) is 13.1. The molecule has 0 radical (unpaired) electrons. The van der Waals surface area contributed by atoms with Crippen LogP contribution in [0.1, 0.15) is 28.9 Å². The van der Waals surface area contributed by atoms with Gasteiger partial charge in [-0.2, -0.15) is 0 Å². The molecule has 1 fully saturated rings. The van der Waals surface area contributed by atoms with Gasteiger partial charge in [0.05, 0.1) is 6.33 Å². The fourth-order valence-corrected chi connectivity index (χ4v) is 2.80. The smallest absolute Gasteiger partial charge is 0.166 e. The Morgan fingerprint density at radius 1 is 1.25 bits per heavy atom. The topological polar surface area (TPSA) is 49.0 Å². The molecule has 1 aromatic heterocycles. The van der Waals surface area contributed by atoms with Gasteiger partial charge >= 0.3 is 0 Å². The van der Waals surface area contributed by atoms with E-state index in [1.165, 1.54) is 0 Å². The first-order valence-electron chi connectivity index (χ1n) is 7.12. The molecule has 4 nitrogen and oxygen atoms in total. The van der Waals surface area contributed by atoms with Gasteiger partial charge in [0.2, 0.25) is 0 Å². The summed E-state index contributed by atoms with van der Waals surface area (Å²) in [6, 6.07) is 9.64. The Balaban J connectivity index is 1.55. The zero-order chi connectivity index (χ0) is 13.8. The summed E-state index contributed by atoms with van der Waals surface area (Å²) in [5.41, 5.74) is 1.98. The molecule has 0 saturated carbocycles. The van der Waals surface area contributed by atoms with Crippen molar-refractivity contribution in [3.8, 4) is 0 Å². The Morgan fingerprint density at radius 2 is 2.00 bits per heavy atom. The van der Waals surface area contributed by atoms with Crippen molar-refractivity contribution >= 4 is 5.78 Å². The molecule has 2 aromatic rings. The van der Waals surface area contributed by atoms with E-state index in [9.17, 15) is 4.79 Å². The number of likely N-dealkylation sites (tertiary alicyclic amines) is 1. The van der Waals surface area contributed by atoms with Crippen LogP contribution in [0.25, 0.3) is 0 Å². The molecule has 1 N–H and O–H groups in total. The standard InChI is InChI=1S/C16H19N3O/c20-16(13-4-2-1-3-5-13)14-6-8-19(9-7-14)11-15-10-17-12-18-15/h1-5,10,12,14H,6-9,11H2,(H,17,18). The van der Waals surface area contributed by atoms with Gasteiger partial charge in [0, 0.05) is 29.9 Å². The van der Waals surface area contributed by atoms with Crippen LogP contribution in [0.15, 0.2) is 42.9 Å². The number of aromatic amines is 1. The van der Waals surface area contributed by atoms with Gasteiger partial charge in [-0.1, -0.05) is 30.3 Å². The summed E-state index contributed by atoms with van der Waals surface area (Å²) in [6.07, 6.45) is 5.46. The van der Waals surface area contributed by atoms with Gasteiger partial charge < -0.3 is 4.98 Å². The number of ketones is 1. The maximum absolute atomic E-state index is 12.4. The normalized spacial score (nSPS) is 17.2. The fourth-order valence-electron chi connectivity index (χ4n) is 2.80. The van der Waals surface area contributed by atoms with Gasteiger partial charge in [-0.15, -0.1) is 0 Å². The van der Waals surface area contributed by atoms with E-state index < -0.39 is 0 Å². The number of piperidine rings is 1. The molecule has 0 unspecified atom stereocenters. The van der Waals surface area contributed by atoms with Crippen LogP contribution >= 0.6 is 0 Å². The van der Waals surface area contributed by atoms with Crippen LogP contribution in [0.3, 0.4) is 0 Å². The third-order valence-corrected chi connectivity index (χ3v) is 3.97. The first-order chi connectivity index (χ1) is 9.83. The van der Waals surface area contributed by atoms with Crippen molar-refractivity contribution in [1.82, 2.24) is 14.9 Å². The lowest BCUT2D eigenvalue weighted by atomic mass is 9.89. The average Bonchev–Trinajstić information content (AvgIpc) is 3.01. The van der Waals surface area contributed by atoms with Crippen molar-refractivity contribution in [2.45, 2.75) is 19.4 Å². The molecule has 0 bridgehead atoms. The second-order valence-corrected chi connectivity index (χ2v) is 5.36. The maximum atomic E-state index is 12.4. The molecule has 0 spiro atoms. The number of hydrogen-bond acceptors (Lipinski definition) is 3. The van der Waals surface area contributed by atoms with Crippen molar-refractivity contribution in [1.29, 1.82) is 0 Å². The Hall–Kier alpha value is -1.94. The van der Waals surface area contributed by atoms with Crippen LogP contribution in [0.2, 0.25) is 0 Å². The van der Waals surface area contributed by atoms with Crippen molar-refractivity contribution in [3.05, 3.63) is 54.1 Å². The summed E-state index contributed by atoms with van der Waals surface area (Å²) in [5, 5.41) is 0. The van der Waals surface area contributed by atoms with Crippen LogP contribution in [0.4, 0.5) is 0 Å². The van der Waals surface area contributed by atoms with Gasteiger partial charge in [0.1, 0.15) is 0 Å². The molecule has 2 heterocycles. The molecular weight excluding hydrogens is 250 g/mol. The average molecular weight is 269 g/mol. The van der Waals surface area contributed by atoms with Gasteiger partial charge in [0.25, 0.3) is 0 Å². The minimum atomic E-state index is 0.176. The molecule has 1 aromatic carbocycles. The largest absolute Gasteiger partial charge is 0.347 e. The molecule has 1 saturated heterocycles. The van der Waals surface area contributed by atoms with Crippen LogP contribution in [0, 0.1) is 5.92 Å². The van der Waals surface area contributed by atoms with Gasteiger partial charge in [-0.3, -0.25) is 9.69 Å². The number of Topliss-reactive ketones (excluding diaryl/α,β-unsaturated/α-hetero) is 1. The molecule has 20 heavy (non-hydrogen) atoms. The molecule has 1 aliphatic rings. The minimum absolute atomic E-state index is 0.176. The molecule has 3 rings (SSSR count). The second-order valence-electron chi connectivity index (χ2n) is 5.36. The Morgan fingerprint density at radius 3 is 2.65 bits per heavy atom. The van der Waals surface area contributed by atoms with E-state index in [-0.39, 0.29) is 5.92 Å². The molecule has 0 aliphatic carbocycles. The highest BCUT2D eigenvalue weighted by molar-refractivity contribution is 5.97.